The highest BCUT2D eigenvalue weighted by Gasteiger charge is 2.01. The Kier molecular flexibility index (Phi) is 5.31. The third kappa shape index (κ3) is 5.53. The predicted octanol–water partition coefficient (Wildman–Crippen LogP) is 1.46. The second kappa shape index (κ2) is 6.27. The SMILES string of the molecule is CS(=O)(=O)CCSCc1ccc(CO)cc1. The fourth-order valence-electron chi connectivity index (χ4n) is 1.14. The van der Waals surface area contributed by atoms with Gasteiger partial charge in [-0.05, 0) is 11.1 Å². The zero-order valence-electron chi connectivity index (χ0n) is 9.22. The average molecular weight is 260 g/mol. The summed E-state index contributed by atoms with van der Waals surface area (Å²) in [5.41, 5.74) is 2.04. The normalized spacial score (nSPS) is 11.6. The van der Waals surface area contributed by atoms with Crippen molar-refractivity contribution in [3.63, 3.8) is 0 Å². The summed E-state index contributed by atoms with van der Waals surface area (Å²) in [5, 5.41) is 8.86. The Balaban J connectivity index is 2.32. The quantitative estimate of drug-likeness (QED) is 0.787. The van der Waals surface area contributed by atoms with E-state index in [9.17, 15) is 8.42 Å². The van der Waals surface area contributed by atoms with Crippen LogP contribution in [0.25, 0.3) is 0 Å². The van der Waals surface area contributed by atoms with Gasteiger partial charge in [-0.1, -0.05) is 24.3 Å². The smallest absolute Gasteiger partial charge is 0.148 e. The molecule has 0 aliphatic heterocycles. The van der Waals surface area contributed by atoms with Crippen LogP contribution in [-0.2, 0) is 22.2 Å². The molecule has 1 aromatic rings. The molecular weight excluding hydrogens is 244 g/mol. The van der Waals surface area contributed by atoms with Gasteiger partial charge in [0.25, 0.3) is 0 Å². The number of hydrogen-bond donors (Lipinski definition) is 1. The summed E-state index contributed by atoms with van der Waals surface area (Å²) in [4.78, 5) is 0. The molecule has 0 atom stereocenters. The van der Waals surface area contributed by atoms with Crippen LogP contribution in [0.1, 0.15) is 11.1 Å². The third-order valence-corrected chi connectivity index (χ3v) is 4.31. The van der Waals surface area contributed by atoms with Gasteiger partial charge in [0.05, 0.1) is 12.4 Å². The predicted molar refractivity (Wildman–Crippen MR) is 68.2 cm³/mol. The molecule has 0 amide bonds. The van der Waals surface area contributed by atoms with Gasteiger partial charge in [-0.25, -0.2) is 8.42 Å². The van der Waals surface area contributed by atoms with Crippen molar-refractivity contribution in [2.24, 2.45) is 0 Å². The lowest BCUT2D eigenvalue weighted by molar-refractivity contribution is 0.282. The van der Waals surface area contributed by atoms with E-state index in [1.165, 1.54) is 6.26 Å². The number of rotatable bonds is 6. The van der Waals surface area contributed by atoms with Crippen LogP contribution in [0, 0.1) is 0 Å². The van der Waals surface area contributed by atoms with Gasteiger partial charge in [0.15, 0.2) is 0 Å². The van der Waals surface area contributed by atoms with Crippen molar-refractivity contribution in [3.05, 3.63) is 35.4 Å². The molecule has 0 radical (unpaired) electrons. The molecule has 16 heavy (non-hydrogen) atoms. The number of aliphatic hydroxyl groups is 1. The molecule has 1 aromatic carbocycles. The van der Waals surface area contributed by atoms with Crippen molar-refractivity contribution in [2.75, 3.05) is 17.8 Å². The van der Waals surface area contributed by atoms with Gasteiger partial charge < -0.3 is 5.11 Å². The van der Waals surface area contributed by atoms with Gasteiger partial charge in [0.1, 0.15) is 9.84 Å². The number of hydrogen-bond acceptors (Lipinski definition) is 4. The molecule has 0 aromatic heterocycles. The summed E-state index contributed by atoms with van der Waals surface area (Å²) >= 11 is 1.61. The highest BCUT2D eigenvalue weighted by molar-refractivity contribution is 7.99. The molecule has 1 N–H and O–H groups in total. The highest BCUT2D eigenvalue weighted by Crippen LogP contribution is 2.13. The molecular formula is C11H16O3S2. The number of sulfone groups is 1. The minimum absolute atomic E-state index is 0.0570. The molecule has 0 unspecified atom stereocenters. The van der Waals surface area contributed by atoms with E-state index in [-0.39, 0.29) is 12.4 Å². The first-order chi connectivity index (χ1) is 7.51. The van der Waals surface area contributed by atoms with Crippen LogP contribution in [0.3, 0.4) is 0 Å². The molecule has 0 saturated carbocycles. The Hall–Kier alpha value is -0.520. The fourth-order valence-corrected chi connectivity index (χ4v) is 3.40. The fraction of sp³-hybridized carbons (Fsp3) is 0.455. The van der Waals surface area contributed by atoms with Gasteiger partial charge in [-0.15, -0.1) is 0 Å². The molecule has 0 bridgehead atoms. The monoisotopic (exact) mass is 260 g/mol. The third-order valence-electron chi connectivity index (χ3n) is 2.07. The Bertz CT molecular complexity index is 409. The van der Waals surface area contributed by atoms with Gasteiger partial charge in [-0.3, -0.25) is 0 Å². The lowest BCUT2D eigenvalue weighted by Gasteiger charge is -2.02. The zero-order chi connectivity index (χ0) is 12.0. The van der Waals surface area contributed by atoms with Crippen LogP contribution in [0.4, 0.5) is 0 Å². The van der Waals surface area contributed by atoms with Crippen LogP contribution in [0.15, 0.2) is 24.3 Å². The van der Waals surface area contributed by atoms with E-state index in [1.54, 1.807) is 11.8 Å². The molecule has 3 nitrogen and oxygen atoms in total. The number of aliphatic hydroxyl groups excluding tert-OH is 1. The minimum atomic E-state index is -2.84. The van der Waals surface area contributed by atoms with Gasteiger partial charge >= 0.3 is 0 Å². The molecule has 90 valence electrons. The Morgan fingerprint density at radius 3 is 2.25 bits per heavy atom. The summed E-state index contributed by atoms with van der Waals surface area (Å²) in [6.07, 6.45) is 1.25. The molecule has 0 spiro atoms. The summed E-state index contributed by atoms with van der Waals surface area (Å²) in [7, 11) is -2.84. The van der Waals surface area contributed by atoms with Crippen molar-refractivity contribution < 1.29 is 13.5 Å². The number of benzene rings is 1. The summed E-state index contributed by atoms with van der Waals surface area (Å²) in [6, 6.07) is 7.68. The lowest BCUT2D eigenvalue weighted by atomic mass is 10.2. The van der Waals surface area contributed by atoms with E-state index in [0.717, 1.165) is 16.9 Å². The van der Waals surface area contributed by atoms with Crippen molar-refractivity contribution in [1.29, 1.82) is 0 Å². The Labute approximate surface area is 101 Å². The maximum Gasteiger partial charge on any atom is 0.148 e. The first kappa shape index (κ1) is 13.5. The summed E-state index contributed by atoms with van der Waals surface area (Å²) < 4.78 is 21.8. The lowest BCUT2D eigenvalue weighted by Crippen LogP contribution is -2.05. The molecule has 1 rings (SSSR count). The van der Waals surface area contributed by atoms with Crippen LogP contribution >= 0.6 is 11.8 Å². The van der Waals surface area contributed by atoms with Gasteiger partial charge in [-0.2, -0.15) is 11.8 Å². The van der Waals surface area contributed by atoms with Crippen molar-refractivity contribution >= 4 is 21.6 Å². The standard InChI is InChI=1S/C11H16O3S2/c1-16(13,14)7-6-15-9-11-4-2-10(8-12)3-5-11/h2-5,12H,6-9H2,1H3. The average Bonchev–Trinajstić information content (AvgIpc) is 2.24. The molecule has 0 aliphatic carbocycles. The topological polar surface area (TPSA) is 54.4 Å². The van der Waals surface area contributed by atoms with E-state index < -0.39 is 9.84 Å². The molecule has 5 heteroatoms. The van der Waals surface area contributed by atoms with Crippen molar-refractivity contribution in [3.8, 4) is 0 Å². The van der Waals surface area contributed by atoms with Crippen molar-refractivity contribution in [2.45, 2.75) is 12.4 Å². The summed E-state index contributed by atoms with van der Waals surface area (Å²) in [6.45, 7) is 0.0570. The molecule has 0 saturated heterocycles. The number of thioether (sulfide) groups is 1. The molecule has 0 aliphatic rings. The zero-order valence-corrected chi connectivity index (χ0v) is 10.9. The first-order valence-electron chi connectivity index (χ1n) is 4.95. The van der Waals surface area contributed by atoms with E-state index in [4.69, 9.17) is 5.11 Å². The van der Waals surface area contributed by atoms with Crippen LogP contribution < -0.4 is 0 Å². The van der Waals surface area contributed by atoms with E-state index in [0.29, 0.717) is 5.75 Å². The maximum absolute atomic E-state index is 10.9. The van der Waals surface area contributed by atoms with Gasteiger partial charge in [0.2, 0.25) is 0 Å². The Morgan fingerprint density at radius 1 is 1.19 bits per heavy atom. The second-order valence-electron chi connectivity index (χ2n) is 3.66. The van der Waals surface area contributed by atoms with Crippen LogP contribution in [0.2, 0.25) is 0 Å². The van der Waals surface area contributed by atoms with Gasteiger partial charge in [0, 0.05) is 17.8 Å². The van der Waals surface area contributed by atoms with Crippen molar-refractivity contribution in [1.82, 2.24) is 0 Å². The molecule has 0 fully saturated rings. The molecule has 0 heterocycles. The summed E-state index contributed by atoms with van der Waals surface area (Å²) in [5.74, 6) is 1.66. The minimum Gasteiger partial charge on any atom is -0.392 e. The Morgan fingerprint density at radius 2 is 1.75 bits per heavy atom. The van der Waals surface area contributed by atoms with E-state index >= 15 is 0 Å². The maximum atomic E-state index is 10.9. The van der Waals surface area contributed by atoms with E-state index in [2.05, 4.69) is 0 Å². The second-order valence-corrected chi connectivity index (χ2v) is 7.02. The largest absolute Gasteiger partial charge is 0.392 e. The van der Waals surface area contributed by atoms with Crippen LogP contribution in [0.5, 0.6) is 0 Å². The van der Waals surface area contributed by atoms with Crippen LogP contribution in [-0.4, -0.2) is 31.3 Å². The van der Waals surface area contributed by atoms with E-state index in [1.807, 2.05) is 24.3 Å². The first-order valence-corrected chi connectivity index (χ1v) is 8.17. The highest BCUT2D eigenvalue weighted by atomic mass is 32.2.